The average Bonchev–Trinajstić information content (AvgIpc) is 2.59. The summed E-state index contributed by atoms with van der Waals surface area (Å²) in [4.78, 5) is 24.5. The number of aryl methyl sites for hydroxylation is 2. The molecule has 1 N–H and O–H groups in total. The summed E-state index contributed by atoms with van der Waals surface area (Å²) in [6.07, 6.45) is 0. The zero-order chi connectivity index (χ0) is 18.0. The second-order valence-electron chi connectivity index (χ2n) is 5.93. The largest absolute Gasteiger partial charge is 0.496 e. The van der Waals surface area contributed by atoms with Crippen LogP contribution in [-0.4, -0.2) is 13.0 Å². The fourth-order valence-electron chi connectivity index (χ4n) is 2.85. The number of hydrogen-bond acceptors (Lipinski definition) is 4. The Balaban J connectivity index is 1.87. The zero-order valence-electron chi connectivity index (χ0n) is 14.4. The summed E-state index contributed by atoms with van der Waals surface area (Å²) >= 11 is 0. The van der Waals surface area contributed by atoms with E-state index in [4.69, 9.17) is 9.15 Å². The van der Waals surface area contributed by atoms with Gasteiger partial charge < -0.3 is 14.5 Å². The van der Waals surface area contributed by atoms with E-state index in [0.29, 0.717) is 16.7 Å². The first kappa shape index (κ1) is 16.8. The first-order valence-electron chi connectivity index (χ1n) is 7.95. The number of fused-ring (bicyclic) bond motifs is 1. The number of hydrogen-bond donors (Lipinski definition) is 1. The molecule has 1 heterocycles. The number of carbonyl (C=O) groups excluding carboxylic acids is 1. The van der Waals surface area contributed by atoms with Crippen LogP contribution in [0.5, 0.6) is 5.75 Å². The first-order chi connectivity index (χ1) is 12.0. The number of methoxy groups -OCH3 is 1. The highest BCUT2D eigenvalue weighted by molar-refractivity contribution is 5.96. The molecule has 0 spiro atoms. The van der Waals surface area contributed by atoms with Crippen molar-refractivity contribution in [3.63, 3.8) is 0 Å². The van der Waals surface area contributed by atoms with Crippen LogP contribution in [0.15, 0.2) is 51.7 Å². The van der Waals surface area contributed by atoms with Crippen LogP contribution in [0.3, 0.4) is 0 Å². The third-order valence-corrected chi connectivity index (χ3v) is 4.11. The van der Waals surface area contributed by atoms with Gasteiger partial charge in [0.05, 0.1) is 7.11 Å². The van der Waals surface area contributed by atoms with Crippen LogP contribution in [0, 0.1) is 13.8 Å². The molecule has 0 bridgehead atoms. The molecular weight excluding hydrogens is 318 g/mol. The third kappa shape index (κ3) is 3.40. The molecule has 5 heteroatoms. The Morgan fingerprint density at radius 3 is 2.68 bits per heavy atom. The van der Waals surface area contributed by atoms with Gasteiger partial charge >= 0.3 is 5.63 Å². The maximum absolute atomic E-state index is 12.4. The molecule has 3 aromatic rings. The van der Waals surface area contributed by atoms with E-state index in [9.17, 15) is 9.59 Å². The highest BCUT2D eigenvalue weighted by Crippen LogP contribution is 2.24. The van der Waals surface area contributed by atoms with Gasteiger partial charge in [-0.25, -0.2) is 4.79 Å². The molecule has 0 unspecified atom stereocenters. The van der Waals surface area contributed by atoms with Crippen LogP contribution >= 0.6 is 0 Å². The van der Waals surface area contributed by atoms with Crippen molar-refractivity contribution in [3.8, 4) is 5.75 Å². The van der Waals surface area contributed by atoms with Gasteiger partial charge in [-0.05, 0) is 43.2 Å². The van der Waals surface area contributed by atoms with E-state index < -0.39 is 11.5 Å². The molecule has 2 aromatic carbocycles. The molecule has 0 saturated carbocycles. The normalized spacial score (nSPS) is 10.7. The van der Waals surface area contributed by atoms with Gasteiger partial charge in [-0.1, -0.05) is 24.3 Å². The minimum atomic E-state index is -0.649. The fourth-order valence-corrected chi connectivity index (χ4v) is 2.85. The number of amides is 1. The van der Waals surface area contributed by atoms with Crippen LogP contribution in [0.1, 0.15) is 27.0 Å². The topological polar surface area (TPSA) is 68.5 Å². The van der Waals surface area contributed by atoms with Gasteiger partial charge in [0.2, 0.25) is 0 Å². The lowest BCUT2D eigenvalue weighted by atomic mass is 10.0. The predicted molar refractivity (Wildman–Crippen MR) is 96.1 cm³/mol. The highest BCUT2D eigenvalue weighted by Gasteiger charge is 2.15. The monoisotopic (exact) mass is 337 g/mol. The fraction of sp³-hybridized carbons (Fsp3) is 0.200. The summed E-state index contributed by atoms with van der Waals surface area (Å²) in [6.45, 7) is 4.21. The molecule has 3 rings (SSSR count). The number of ether oxygens (including phenoxy) is 1. The smallest absolute Gasteiger partial charge is 0.349 e. The van der Waals surface area contributed by atoms with E-state index in [1.807, 2.05) is 32.0 Å². The van der Waals surface area contributed by atoms with E-state index in [1.54, 1.807) is 31.4 Å². The molecule has 1 amide bonds. The van der Waals surface area contributed by atoms with Gasteiger partial charge in [0, 0.05) is 17.5 Å². The van der Waals surface area contributed by atoms with E-state index in [1.165, 1.54) is 0 Å². The molecule has 0 radical (unpaired) electrons. The summed E-state index contributed by atoms with van der Waals surface area (Å²) in [7, 11) is 1.59. The number of nitrogens with one attached hydrogen (secondary N) is 1. The quantitative estimate of drug-likeness (QED) is 0.741. The Kier molecular flexibility index (Phi) is 4.57. The minimum Gasteiger partial charge on any atom is -0.496 e. The van der Waals surface area contributed by atoms with Gasteiger partial charge in [0.25, 0.3) is 5.91 Å². The lowest BCUT2D eigenvalue weighted by Crippen LogP contribution is -2.28. The van der Waals surface area contributed by atoms with Gasteiger partial charge in [0.1, 0.15) is 16.9 Å². The molecule has 0 fully saturated rings. The first-order valence-corrected chi connectivity index (χ1v) is 7.95. The maximum atomic E-state index is 12.4. The standard InChI is InChI=1S/C20H19NO4/c1-12-8-13(2)16(18(9-12)24-3)11-21-19(22)15-10-14-6-4-5-7-17(14)25-20(15)23/h4-10H,11H2,1-3H3,(H,21,22). The SMILES string of the molecule is COc1cc(C)cc(C)c1CNC(=O)c1cc2ccccc2oc1=O. The number of carbonyl (C=O) groups is 1. The van der Waals surface area contributed by atoms with Crippen LogP contribution in [0.4, 0.5) is 0 Å². The molecule has 0 atom stereocenters. The second-order valence-corrected chi connectivity index (χ2v) is 5.93. The summed E-state index contributed by atoms with van der Waals surface area (Å²) < 4.78 is 10.6. The van der Waals surface area contributed by atoms with Gasteiger partial charge in [-0.2, -0.15) is 0 Å². The van der Waals surface area contributed by atoms with E-state index >= 15 is 0 Å². The van der Waals surface area contributed by atoms with Gasteiger partial charge in [-0.3, -0.25) is 4.79 Å². The van der Waals surface area contributed by atoms with Crippen molar-refractivity contribution in [2.45, 2.75) is 20.4 Å². The van der Waals surface area contributed by atoms with E-state index in [-0.39, 0.29) is 12.1 Å². The zero-order valence-corrected chi connectivity index (χ0v) is 14.4. The molecule has 25 heavy (non-hydrogen) atoms. The van der Waals surface area contributed by atoms with Crippen LogP contribution in [0.2, 0.25) is 0 Å². The molecule has 0 aliphatic heterocycles. The summed E-state index contributed by atoms with van der Waals surface area (Å²) in [5.41, 5.74) is 2.78. The van der Waals surface area contributed by atoms with Crippen molar-refractivity contribution in [2.75, 3.05) is 7.11 Å². The summed E-state index contributed by atoms with van der Waals surface area (Å²) in [6, 6.07) is 12.6. The van der Waals surface area contributed by atoms with Gasteiger partial charge in [-0.15, -0.1) is 0 Å². The lowest BCUT2D eigenvalue weighted by molar-refractivity contribution is 0.0947. The van der Waals surface area contributed by atoms with Crippen molar-refractivity contribution < 1.29 is 13.9 Å². The minimum absolute atomic E-state index is 0.0116. The Morgan fingerprint density at radius 2 is 1.92 bits per heavy atom. The Hall–Kier alpha value is -3.08. The molecule has 0 saturated heterocycles. The Bertz CT molecular complexity index is 1000. The van der Waals surface area contributed by atoms with Gasteiger partial charge in [0.15, 0.2) is 0 Å². The third-order valence-electron chi connectivity index (χ3n) is 4.11. The molecule has 128 valence electrons. The average molecular weight is 337 g/mol. The van der Waals surface area contributed by atoms with Crippen LogP contribution in [-0.2, 0) is 6.54 Å². The summed E-state index contributed by atoms with van der Waals surface area (Å²) in [5.74, 6) is 0.241. The summed E-state index contributed by atoms with van der Waals surface area (Å²) in [5, 5.41) is 3.48. The molecular formula is C20H19NO4. The van der Waals surface area contributed by atoms with E-state index in [2.05, 4.69) is 5.32 Å². The second kappa shape index (κ2) is 6.81. The number of benzene rings is 2. The van der Waals surface area contributed by atoms with Crippen molar-refractivity contribution in [1.29, 1.82) is 0 Å². The van der Waals surface area contributed by atoms with Crippen LogP contribution < -0.4 is 15.7 Å². The Morgan fingerprint density at radius 1 is 1.16 bits per heavy atom. The van der Waals surface area contributed by atoms with E-state index in [0.717, 1.165) is 16.7 Å². The van der Waals surface area contributed by atoms with Crippen LogP contribution in [0.25, 0.3) is 11.0 Å². The van der Waals surface area contributed by atoms with Crippen molar-refractivity contribution in [2.24, 2.45) is 0 Å². The molecule has 1 aromatic heterocycles. The number of para-hydroxylation sites is 1. The molecule has 0 aliphatic carbocycles. The predicted octanol–water partition coefficient (Wildman–Crippen LogP) is 3.35. The Labute approximate surface area is 145 Å². The lowest BCUT2D eigenvalue weighted by Gasteiger charge is -2.13. The number of rotatable bonds is 4. The van der Waals surface area contributed by atoms with Crippen molar-refractivity contribution in [1.82, 2.24) is 5.32 Å². The highest BCUT2D eigenvalue weighted by atomic mass is 16.5. The van der Waals surface area contributed by atoms with Crippen molar-refractivity contribution >= 4 is 16.9 Å². The van der Waals surface area contributed by atoms with Crippen molar-refractivity contribution in [3.05, 3.63) is 75.1 Å². The molecule has 5 nitrogen and oxygen atoms in total. The maximum Gasteiger partial charge on any atom is 0.349 e. The molecule has 0 aliphatic rings.